The van der Waals surface area contributed by atoms with Crippen LogP contribution >= 0.6 is 0 Å². The van der Waals surface area contributed by atoms with Crippen LogP contribution in [0, 0.1) is 11.8 Å². The number of piperidine rings is 1. The van der Waals surface area contributed by atoms with Gasteiger partial charge in [0.1, 0.15) is 6.10 Å². The lowest BCUT2D eigenvalue weighted by Crippen LogP contribution is -2.53. The topological polar surface area (TPSA) is 30.9 Å². The quantitative estimate of drug-likeness (QED) is 0.548. The van der Waals surface area contributed by atoms with Crippen molar-refractivity contribution in [1.82, 2.24) is 4.90 Å². The second kappa shape index (κ2) is 9.49. The smallest absolute Gasteiger partial charge is 0.416 e. The maximum atomic E-state index is 13.2. The van der Waals surface area contributed by atoms with Gasteiger partial charge in [-0.05, 0) is 36.6 Å². The summed E-state index contributed by atoms with van der Waals surface area (Å²) in [6.07, 6.45) is -1.19. The molecule has 4 rings (SSSR count). The van der Waals surface area contributed by atoms with Crippen LogP contribution in [0.3, 0.4) is 0 Å². The average molecular weight is 435 g/mol. The fraction of sp³-hybridized carbons (Fsp3) is 0.500. The SMILES string of the molecule is COCOc1cc(C(F)(F)F)ccc1O[C@H]1[C@@H]2CCC[C@H]1CN(Cc1ccccc1)C2. The fourth-order valence-corrected chi connectivity index (χ4v) is 4.81. The predicted molar refractivity (Wildman–Crippen MR) is 111 cm³/mol. The third-order valence-corrected chi connectivity index (χ3v) is 6.18. The Balaban J connectivity index is 1.50. The van der Waals surface area contributed by atoms with Crippen molar-refractivity contribution in [3.05, 3.63) is 59.7 Å². The first kappa shape index (κ1) is 22.0. The number of halogens is 3. The molecule has 0 spiro atoms. The van der Waals surface area contributed by atoms with Crippen LogP contribution in [-0.4, -0.2) is 38.0 Å². The Labute approximate surface area is 180 Å². The Morgan fingerprint density at radius 1 is 0.968 bits per heavy atom. The van der Waals surface area contributed by atoms with E-state index in [1.165, 1.54) is 18.7 Å². The number of methoxy groups -OCH3 is 1. The number of hydrogen-bond donors (Lipinski definition) is 0. The standard InChI is InChI=1S/C24H28F3NO3/c1-29-16-30-22-12-20(24(25,26)27)10-11-21(22)31-23-18-8-5-9-19(23)15-28(14-18)13-17-6-3-2-4-7-17/h2-4,6-7,10-12,18-19,23H,5,8-9,13-16H2,1H3/t18-,19+,23+. The Morgan fingerprint density at radius 2 is 1.68 bits per heavy atom. The van der Waals surface area contributed by atoms with E-state index in [9.17, 15) is 13.2 Å². The van der Waals surface area contributed by atoms with Crippen LogP contribution in [0.5, 0.6) is 11.5 Å². The number of rotatable bonds is 7. The highest BCUT2D eigenvalue weighted by Gasteiger charge is 2.41. The molecule has 0 N–H and O–H groups in total. The third kappa shape index (κ3) is 5.33. The number of hydrogen-bond acceptors (Lipinski definition) is 4. The monoisotopic (exact) mass is 435 g/mol. The molecule has 3 atom stereocenters. The molecule has 2 aromatic rings. The zero-order chi connectivity index (χ0) is 21.8. The molecular weight excluding hydrogens is 407 g/mol. The van der Waals surface area contributed by atoms with Gasteiger partial charge in [0.2, 0.25) is 0 Å². The predicted octanol–water partition coefficient (Wildman–Crippen LogP) is 5.37. The molecule has 31 heavy (non-hydrogen) atoms. The number of ether oxygens (including phenoxy) is 3. The summed E-state index contributed by atoms with van der Waals surface area (Å²) >= 11 is 0. The summed E-state index contributed by atoms with van der Waals surface area (Å²) in [5, 5.41) is 0. The zero-order valence-corrected chi connectivity index (χ0v) is 17.6. The minimum Gasteiger partial charge on any atom is -0.486 e. The minimum atomic E-state index is -4.44. The van der Waals surface area contributed by atoms with E-state index in [1.807, 2.05) is 6.07 Å². The van der Waals surface area contributed by atoms with E-state index >= 15 is 0 Å². The molecule has 2 fully saturated rings. The van der Waals surface area contributed by atoms with Crippen molar-refractivity contribution in [3.8, 4) is 11.5 Å². The Hall–Kier alpha value is -2.25. The van der Waals surface area contributed by atoms with Crippen molar-refractivity contribution in [1.29, 1.82) is 0 Å². The first-order valence-electron chi connectivity index (χ1n) is 10.7. The molecule has 1 aliphatic heterocycles. The van der Waals surface area contributed by atoms with E-state index in [0.29, 0.717) is 17.6 Å². The van der Waals surface area contributed by atoms with E-state index < -0.39 is 11.7 Å². The maximum absolute atomic E-state index is 13.2. The maximum Gasteiger partial charge on any atom is 0.416 e. The number of nitrogens with zero attached hydrogens (tertiary/aromatic N) is 1. The second-order valence-electron chi connectivity index (χ2n) is 8.42. The molecule has 168 valence electrons. The van der Waals surface area contributed by atoms with Crippen LogP contribution in [-0.2, 0) is 17.5 Å². The number of fused-ring (bicyclic) bond motifs is 2. The van der Waals surface area contributed by atoms with Crippen molar-refractivity contribution < 1.29 is 27.4 Å². The van der Waals surface area contributed by atoms with Gasteiger partial charge < -0.3 is 14.2 Å². The molecule has 0 unspecified atom stereocenters. The van der Waals surface area contributed by atoms with Gasteiger partial charge in [0.15, 0.2) is 18.3 Å². The highest BCUT2D eigenvalue weighted by Crippen LogP contribution is 2.42. The summed E-state index contributed by atoms with van der Waals surface area (Å²) in [5.74, 6) is 1.10. The van der Waals surface area contributed by atoms with Gasteiger partial charge >= 0.3 is 6.18 Å². The van der Waals surface area contributed by atoms with E-state index in [4.69, 9.17) is 14.2 Å². The summed E-state index contributed by atoms with van der Waals surface area (Å²) in [6.45, 7) is 2.61. The van der Waals surface area contributed by atoms with Crippen molar-refractivity contribution in [2.24, 2.45) is 11.8 Å². The molecule has 7 heteroatoms. The summed E-state index contributed by atoms with van der Waals surface area (Å²) in [5.41, 5.74) is 0.529. The zero-order valence-electron chi connectivity index (χ0n) is 17.6. The summed E-state index contributed by atoms with van der Waals surface area (Å²) in [6, 6.07) is 13.8. The van der Waals surface area contributed by atoms with Crippen LogP contribution < -0.4 is 9.47 Å². The molecule has 2 aromatic carbocycles. The second-order valence-corrected chi connectivity index (χ2v) is 8.42. The summed E-state index contributed by atoms with van der Waals surface area (Å²) in [7, 11) is 1.43. The Morgan fingerprint density at radius 3 is 2.32 bits per heavy atom. The highest BCUT2D eigenvalue weighted by atomic mass is 19.4. The lowest BCUT2D eigenvalue weighted by atomic mass is 9.75. The van der Waals surface area contributed by atoms with Gasteiger partial charge in [0, 0.05) is 38.6 Å². The van der Waals surface area contributed by atoms with Gasteiger partial charge in [-0.15, -0.1) is 0 Å². The molecule has 2 bridgehead atoms. The molecule has 1 aliphatic carbocycles. The molecule has 1 heterocycles. The van der Waals surface area contributed by atoms with Gasteiger partial charge in [-0.2, -0.15) is 13.2 Å². The van der Waals surface area contributed by atoms with Crippen molar-refractivity contribution >= 4 is 0 Å². The largest absolute Gasteiger partial charge is 0.486 e. The lowest BCUT2D eigenvalue weighted by molar-refractivity contribution is -0.137. The molecule has 4 nitrogen and oxygen atoms in total. The molecule has 1 saturated carbocycles. The number of likely N-dealkylation sites (tertiary alicyclic amines) is 1. The lowest BCUT2D eigenvalue weighted by Gasteiger charge is -2.47. The molecule has 0 radical (unpaired) electrons. The van der Waals surface area contributed by atoms with E-state index in [2.05, 4.69) is 29.2 Å². The van der Waals surface area contributed by atoms with Crippen LogP contribution in [0.1, 0.15) is 30.4 Å². The number of alkyl halides is 3. The first-order chi connectivity index (χ1) is 14.9. The van der Waals surface area contributed by atoms with Crippen molar-refractivity contribution in [2.45, 2.75) is 38.1 Å². The van der Waals surface area contributed by atoms with Gasteiger partial charge in [0.05, 0.1) is 5.56 Å². The van der Waals surface area contributed by atoms with Gasteiger partial charge in [-0.25, -0.2) is 0 Å². The van der Waals surface area contributed by atoms with Crippen LogP contribution in [0.2, 0.25) is 0 Å². The highest BCUT2D eigenvalue weighted by molar-refractivity contribution is 5.44. The Bertz CT molecular complexity index is 845. The van der Waals surface area contributed by atoms with Crippen molar-refractivity contribution in [3.63, 3.8) is 0 Å². The first-order valence-corrected chi connectivity index (χ1v) is 10.7. The van der Waals surface area contributed by atoms with E-state index in [0.717, 1.165) is 51.0 Å². The molecule has 2 aliphatic rings. The van der Waals surface area contributed by atoms with E-state index in [-0.39, 0.29) is 18.6 Å². The molecule has 0 amide bonds. The summed E-state index contributed by atoms with van der Waals surface area (Å²) < 4.78 is 56.1. The van der Waals surface area contributed by atoms with Gasteiger partial charge in [0.25, 0.3) is 0 Å². The van der Waals surface area contributed by atoms with Crippen LogP contribution in [0.15, 0.2) is 48.5 Å². The number of benzene rings is 2. The van der Waals surface area contributed by atoms with E-state index in [1.54, 1.807) is 0 Å². The fourth-order valence-electron chi connectivity index (χ4n) is 4.81. The normalized spacial score (nSPS) is 24.1. The van der Waals surface area contributed by atoms with Gasteiger partial charge in [-0.1, -0.05) is 36.8 Å². The minimum absolute atomic E-state index is 0.0256. The van der Waals surface area contributed by atoms with Crippen LogP contribution in [0.4, 0.5) is 13.2 Å². The molecule has 1 saturated heterocycles. The third-order valence-electron chi connectivity index (χ3n) is 6.18. The molecule has 0 aromatic heterocycles. The molecular formula is C24H28F3NO3. The van der Waals surface area contributed by atoms with Crippen molar-refractivity contribution in [2.75, 3.05) is 27.0 Å². The average Bonchev–Trinajstić information content (AvgIpc) is 2.73. The van der Waals surface area contributed by atoms with Gasteiger partial charge in [-0.3, -0.25) is 4.90 Å². The summed E-state index contributed by atoms with van der Waals surface area (Å²) in [4.78, 5) is 2.47. The Kier molecular flexibility index (Phi) is 6.72. The van der Waals surface area contributed by atoms with Crippen LogP contribution in [0.25, 0.3) is 0 Å².